The monoisotopic (exact) mass is 293 g/mol. The first-order chi connectivity index (χ1) is 10.7. The van der Waals surface area contributed by atoms with Crippen molar-refractivity contribution in [2.45, 2.75) is 12.0 Å². The minimum absolute atomic E-state index is 0.455. The smallest absolute Gasteiger partial charge is 0.0478 e. The van der Waals surface area contributed by atoms with Gasteiger partial charge in [0.25, 0.3) is 0 Å². The van der Waals surface area contributed by atoms with E-state index >= 15 is 0 Å². The molecular formula is C19H23N3. The summed E-state index contributed by atoms with van der Waals surface area (Å²) in [4.78, 5) is 5.10. The molecule has 0 radical (unpaired) electrons. The number of nitrogen functional groups attached to an aromatic ring is 1. The molecule has 1 fully saturated rings. The zero-order chi connectivity index (χ0) is 15.1. The molecule has 2 aromatic carbocycles. The lowest BCUT2D eigenvalue weighted by atomic mass is 9.80. The van der Waals surface area contributed by atoms with Crippen LogP contribution in [0, 0.1) is 0 Å². The van der Waals surface area contributed by atoms with Crippen molar-refractivity contribution in [2.75, 3.05) is 39.0 Å². The van der Waals surface area contributed by atoms with Crippen LogP contribution < -0.4 is 5.73 Å². The summed E-state index contributed by atoms with van der Waals surface area (Å²) in [7, 11) is 2.23. The van der Waals surface area contributed by atoms with Crippen molar-refractivity contribution in [3.63, 3.8) is 0 Å². The summed E-state index contributed by atoms with van der Waals surface area (Å²) in [6, 6.07) is 17.9. The molecule has 0 aromatic heterocycles. The largest absolute Gasteiger partial charge is 0.399 e. The van der Waals surface area contributed by atoms with Crippen LogP contribution in [0.5, 0.6) is 0 Å². The Morgan fingerprint density at radius 2 is 1.64 bits per heavy atom. The molecule has 2 N–H and O–H groups in total. The standard InChI is InChI=1S/C19H23N3/c1-21-10-11-22-12-18(14-6-8-15(20)9-7-14)16-4-2-3-5-17(16)19(22)13-21/h2-9,18-19H,10-13,20H2,1H3/t18-,19-/m1/s1. The minimum atomic E-state index is 0.455. The number of nitrogens with zero attached hydrogens (tertiary/aromatic N) is 2. The SMILES string of the molecule is CN1CCN2C[C@H](c3ccc(N)cc3)c3ccccc3[C@H]2C1. The van der Waals surface area contributed by atoms with Crippen LogP contribution in [0.25, 0.3) is 0 Å². The van der Waals surface area contributed by atoms with Crippen molar-refractivity contribution in [3.05, 3.63) is 65.2 Å². The van der Waals surface area contributed by atoms with Crippen LogP contribution in [0.2, 0.25) is 0 Å². The Labute approximate surface area is 132 Å². The molecule has 1 saturated heterocycles. The van der Waals surface area contributed by atoms with Crippen LogP contribution in [0.15, 0.2) is 48.5 Å². The molecule has 2 heterocycles. The maximum absolute atomic E-state index is 5.86. The Kier molecular flexibility index (Phi) is 3.40. The molecule has 3 heteroatoms. The van der Waals surface area contributed by atoms with E-state index in [9.17, 15) is 0 Å². The third-order valence-electron chi connectivity index (χ3n) is 5.18. The molecule has 3 nitrogen and oxygen atoms in total. The Morgan fingerprint density at radius 1 is 0.909 bits per heavy atom. The molecule has 0 bridgehead atoms. The lowest BCUT2D eigenvalue weighted by Crippen LogP contribution is -2.50. The predicted molar refractivity (Wildman–Crippen MR) is 91.0 cm³/mol. The van der Waals surface area contributed by atoms with Crippen LogP contribution in [0.4, 0.5) is 5.69 Å². The van der Waals surface area contributed by atoms with Gasteiger partial charge in [-0.15, -0.1) is 0 Å². The van der Waals surface area contributed by atoms with Gasteiger partial charge in [-0.3, -0.25) is 4.90 Å². The highest BCUT2D eigenvalue weighted by Crippen LogP contribution is 2.40. The van der Waals surface area contributed by atoms with Gasteiger partial charge in [0.15, 0.2) is 0 Å². The Morgan fingerprint density at radius 3 is 2.41 bits per heavy atom. The summed E-state index contributed by atoms with van der Waals surface area (Å²) in [5.74, 6) is 0.455. The van der Waals surface area contributed by atoms with E-state index in [1.54, 1.807) is 0 Å². The molecule has 2 atom stereocenters. The van der Waals surface area contributed by atoms with Crippen LogP contribution >= 0.6 is 0 Å². The van der Waals surface area contributed by atoms with Crippen molar-refractivity contribution in [3.8, 4) is 0 Å². The van der Waals surface area contributed by atoms with E-state index in [0.717, 1.165) is 31.9 Å². The molecule has 4 rings (SSSR count). The number of likely N-dealkylation sites (N-methyl/N-ethyl adjacent to an activating group) is 1. The quantitative estimate of drug-likeness (QED) is 0.821. The summed E-state index contributed by atoms with van der Waals surface area (Å²) >= 11 is 0. The number of piperazine rings is 1. The maximum atomic E-state index is 5.86. The summed E-state index contributed by atoms with van der Waals surface area (Å²) in [5.41, 5.74) is 11.1. The van der Waals surface area contributed by atoms with Gasteiger partial charge in [-0.25, -0.2) is 0 Å². The molecule has 0 saturated carbocycles. The van der Waals surface area contributed by atoms with Crippen molar-refractivity contribution in [2.24, 2.45) is 0 Å². The van der Waals surface area contributed by atoms with Crippen LogP contribution in [-0.4, -0.2) is 43.0 Å². The average molecular weight is 293 g/mol. The number of hydrogen-bond donors (Lipinski definition) is 1. The molecule has 0 amide bonds. The maximum Gasteiger partial charge on any atom is 0.0478 e. The van der Waals surface area contributed by atoms with Gasteiger partial charge in [0, 0.05) is 43.8 Å². The number of fused-ring (bicyclic) bond motifs is 3. The second-order valence-electron chi connectivity index (χ2n) is 6.62. The van der Waals surface area contributed by atoms with Crippen molar-refractivity contribution in [1.82, 2.24) is 9.80 Å². The molecular weight excluding hydrogens is 270 g/mol. The first-order valence-electron chi connectivity index (χ1n) is 8.09. The first kappa shape index (κ1) is 13.8. The topological polar surface area (TPSA) is 32.5 Å². The van der Waals surface area contributed by atoms with Gasteiger partial charge < -0.3 is 10.6 Å². The van der Waals surface area contributed by atoms with Gasteiger partial charge >= 0.3 is 0 Å². The van der Waals surface area contributed by atoms with Crippen molar-refractivity contribution >= 4 is 5.69 Å². The fraction of sp³-hybridized carbons (Fsp3) is 0.368. The lowest BCUT2D eigenvalue weighted by Gasteiger charge is -2.46. The Balaban J connectivity index is 1.77. The highest BCUT2D eigenvalue weighted by atomic mass is 15.3. The summed E-state index contributed by atoms with van der Waals surface area (Å²) in [6.45, 7) is 4.55. The van der Waals surface area contributed by atoms with Gasteiger partial charge in [-0.05, 0) is 35.9 Å². The molecule has 2 aliphatic heterocycles. The average Bonchev–Trinajstić information content (AvgIpc) is 2.55. The lowest BCUT2D eigenvalue weighted by molar-refractivity contribution is 0.0772. The highest BCUT2D eigenvalue weighted by Gasteiger charge is 2.36. The van der Waals surface area contributed by atoms with Crippen molar-refractivity contribution in [1.29, 1.82) is 0 Å². The van der Waals surface area contributed by atoms with Gasteiger partial charge in [0.2, 0.25) is 0 Å². The summed E-state index contributed by atoms with van der Waals surface area (Å²) in [5, 5.41) is 0. The summed E-state index contributed by atoms with van der Waals surface area (Å²) in [6.07, 6.45) is 0. The summed E-state index contributed by atoms with van der Waals surface area (Å²) < 4.78 is 0. The second-order valence-corrected chi connectivity index (χ2v) is 6.62. The van der Waals surface area contributed by atoms with E-state index < -0.39 is 0 Å². The zero-order valence-electron chi connectivity index (χ0n) is 13.1. The number of anilines is 1. The molecule has 114 valence electrons. The van der Waals surface area contributed by atoms with E-state index in [2.05, 4.69) is 53.2 Å². The molecule has 0 aliphatic carbocycles. The van der Waals surface area contributed by atoms with Gasteiger partial charge in [-0.1, -0.05) is 36.4 Å². The molecule has 0 unspecified atom stereocenters. The number of benzene rings is 2. The predicted octanol–water partition coefficient (Wildman–Crippen LogP) is 2.70. The fourth-order valence-corrected chi connectivity index (χ4v) is 3.95. The van der Waals surface area contributed by atoms with Gasteiger partial charge in [0.1, 0.15) is 0 Å². The van der Waals surface area contributed by atoms with E-state index in [0.29, 0.717) is 12.0 Å². The van der Waals surface area contributed by atoms with E-state index in [4.69, 9.17) is 5.73 Å². The van der Waals surface area contributed by atoms with Crippen LogP contribution in [0.1, 0.15) is 28.7 Å². The van der Waals surface area contributed by atoms with Gasteiger partial charge in [0.05, 0.1) is 0 Å². The minimum Gasteiger partial charge on any atom is -0.399 e. The van der Waals surface area contributed by atoms with Crippen LogP contribution in [-0.2, 0) is 0 Å². The van der Waals surface area contributed by atoms with Crippen LogP contribution in [0.3, 0.4) is 0 Å². The van der Waals surface area contributed by atoms with E-state index in [-0.39, 0.29) is 0 Å². The number of hydrogen-bond acceptors (Lipinski definition) is 3. The normalized spacial score (nSPS) is 25.5. The molecule has 2 aliphatic rings. The third-order valence-corrected chi connectivity index (χ3v) is 5.18. The van der Waals surface area contributed by atoms with Gasteiger partial charge in [-0.2, -0.15) is 0 Å². The first-order valence-corrected chi connectivity index (χ1v) is 8.09. The fourth-order valence-electron chi connectivity index (χ4n) is 3.95. The Bertz CT molecular complexity index is 665. The highest BCUT2D eigenvalue weighted by molar-refractivity contribution is 5.46. The van der Waals surface area contributed by atoms with Crippen molar-refractivity contribution < 1.29 is 0 Å². The number of rotatable bonds is 1. The molecule has 2 aromatic rings. The van der Waals surface area contributed by atoms with E-state index in [1.807, 2.05) is 12.1 Å². The number of nitrogens with two attached hydrogens (primary N) is 1. The van der Waals surface area contributed by atoms with E-state index in [1.165, 1.54) is 16.7 Å². The second kappa shape index (κ2) is 5.41. The molecule has 22 heavy (non-hydrogen) atoms. The Hall–Kier alpha value is -1.84. The molecule has 0 spiro atoms. The third kappa shape index (κ3) is 2.31. The zero-order valence-corrected chi connectivity index (χ0v) is 13.1.